The van der Waals surface area contributed by atoms with E-state index in [0.717, 1.165) is 12.8 Å². The number of hydrogen-bond acceptors (Lipinski definition) is 4. The molecule has 0 radical (unpaired) electrons. The number of nitrogens with one attached hydrogen (secondary N) is 1. The van der Waals surface area contributed by atoms with Gasteiger partial charge in [-0.05, 0) is 24.8 Å². The molecule has 1 fully saturated rings. The maximum atomic E-state index is 12.4. The summed E-state index contributed by atoms with van der Waals surface area (Å²) in [4.78, 5) is 24.0. The minimum Gasteiger partial charge on any atom is -0.467 e. The van der Waals surface area contributed by atoms with Crippen LogP contribution in [0, 0.1) is 5.92 Å². The van der Waals surface area contributed by atoms with Crippen LogP contribution >= 0.6 is 0 Å². The molecule has 20 heavy (non-hydrogen) atoms. The molecule has 1 aliphatic rings. The van der Waals surface area contributed by atoms with E-state index < -0.39 is 12.0 Å². The first-order chi connectivity index (χ1) is 9.43. The summed E-state index contributed by atoms with van der Waals surface area (Å²) in [6.45, 7) is 3.71. The zero-order valence-electron chi connectivity index (χ0n) is 12.1. The van der Waals surface area contributed by atoms with Crippen LogP contribution in [0.2, 0.25) is 0 Å². The highest BCUT2D eigenvalue weighted by molar-refractivity contribution is 5.96. The Bertz CT molecular complexity index is 518. The predicted molar refractivity (Wildman–Crippen MR) is 75.2 cm³/mol. The van der Waals surface area contributed by atoms with Gasteiger partial charge in [-0.3, -0.25) is 4.79 Å². The number of methoxy groups -OCH3 is 1. The van der Waals surface area contributed by atoms with Crippen LogP contribution in [-0.4, -0.2) is 29.6 Å². The Balaban J connectivity index is 2.16. The van der Waals surface area contributed by atoms with Gasteiger partial charge in [0.15, 0.2) is 0 Å². The highest BCUT2D eigenvalue weighted by atomic mass is 16.5. The number of aromatic nitrogens is 1. The largest absolute Gasteiger partial charge is 0.467 e. The lowest BCUT2D eigenvalue weighted by Gasteiger charge is -2.20. The number of rotatable bonds is 5. The third-order valence-corrected chi connectivity index (χ3v) is 3.45. The maximum absolute atomic E-state index is 12.4. The van der Waals surface area contributed by atoms with Gasteiger partial charge in [-0.25, -0.2) is 4.79 Å². The fourth-order valence-electron chi connectivity index (χ4n) is 2.18. The fourth-order valence-corrected chi connectivity index (χ4v) is 2.18. The summed E-state index contributed by atoms with van der Waals surface area (Å²) in [5.74, 6) is -0.781. The summed E-state index contributed by atoms with van der Waals surface area (Å²) in [7, 11) is 1.31. The lowest BCUT2D eigenvalue weighted by Crippen LogP contribution is -2.45. The van der Waals surface area contributed by atoms with Crippen LogP contribution in [0.3, 0.4) is 0 Å². The summed E-state index contributed by atoms with van der Waals surface area (Å²) < 4.78 is 6.61. The topological polar surface area (TPSA) is 86.3 Å². The molecule has 1 aromatic rings. The van der Waals surface area contributed by atoms with Crippen LogP contribution in [-0.2, 0) is 9.53 Å². The Hall–Kier alpha value is -1.98. The van der Waals surface area contributed by atoms with Gasteiger partial charge < -0.3 is 20.4 Å². The van der Waals surface area contributed by atoms with E-state index in [9.17, 15) is 9.59 Å². The Morgan fingerprint density at radius 3 is 2.60 bits per heavy atom. The Morgan fingerprint density at radius 2 is 2.10 bits per heavy atom. The molecular weight excluding hydrogens is 258 g/mol. The van der Waals surface area contributed by atoms with Gasteiger partial charge in [-0.2, -0.15) is 0 Å². The summed E-state index contributed by atoms with van der Waals surface area (Å²) in [5, 5.41) is 2.73. The molecule has 0 aliphatic heterocycles. The molecule has 1 amide bonds. The average molecular weight is 279 g/mol. The molecular formula is C14H21N3O3. The number of nitrogens with two attached hydrogens (primary N) is 1. The van der Waals surface area contributed by atoms with Crippen molar-refractivity contribution < 1.29 is 14.3 Å². The first-order valence-electron chi connectivity index (χ1n) is 6.80. The number of nitrogen functional groups attached to an aromatic ring is 1. The van der Waals surface area contributed by atoms with E-state index >= 15 is 0 Å². The van der Waals surface area contributed by atoms with Crippen molar-refractivity contribution >= 4 is 17.6 Å². The van der Waals surface area contributed by atoms with E-state index in [2.05, 4.69) is 5.32 Å². The predicted octanol–water partition coefficient (Wildman–Crippen LogP) is 1.33. The first kappa shape index (κ1) is 14.4. The molecule has 3 N–H and O–H groups in total. The Labute approximate surface area is 118 Å². The summed E-state index contributed by atoms with van der Waals surface area (Å²) in [6.07, 6.45) is 3.88. The molecule has 0 aromatic carbocycles. The molecule has 1 unspecified atom stereocenters. The van der Waals surface area contributed by atoms with Crippen LogP contribution in [0.5, 0.6) is 0 Å². The lowest BCUT2D eigenvalue weighted by molar-refractivity contribution is -0.144. The third-order valence-electron chi connectivity index (χ3n) is 3.45. The molecule has 1 atom stereocenters. The van der Waals surface area contributed by atoms with Crippen LogP contribution in [0.1, 0.15) is 43.2 Å². The van der Waals surface area contributed by atoms with Crippen LogP contribution in [0.4, 0.5) is 5.69 Å². The van der Waals surface area contributed by atoms with Gasteiger partial charge in [0.2, 0.25) is 0 Å². The lowest BCUT2D eigenvalue weighted by atomic mass is 10.0. The van der Waals surface area contributed by atoms with Gasteiger partial charge in [-0.1, -0.05) is 13.8 Å². The monoisotopic (exact) mass is 279 g/mol. The number of esters is 1. The normalized spacial score (nSPS) is 16.0. The van der Waals surface area contributed by atoms with E-state index in [1.54, 1.807) is 12.3 Å². The number of anilines is 1. The van der Waals surface area contributed by atoms with Crippen molar-refractivity contribution in [1.29, 1.82) is 0 Å². The zero-order chi connectivity index (χ0) is 14.9. The minimum absolute atomic E-state index is 0.0481. The average Bonchev–Trinajstić information content (AvgIpc) is 3.17. The molecule has 1 saturated carbocycles. The van der Waals surface area contributed by atoms with E-state index in [4.69, 9.17) is 10.5 Å². The van der Waals surface area contributed by atoms with Gasteiger partial charge in [0.05, 0.1) is 12.8 Å². The summed E-state index contributed by atoms with van der Waals surface area (Å²) >= 11 is 0. The quantitative estimate of drug-likeness (QED) is 0.796. The zero-order valence-corrected chi connectivity index (χ0v) is 12.1. The molecule has 110 valence electrons. The second-order valence-corrected chi connectivity index (χ2v) is 5.52. The fraction of sp³-hybridized carbons (Fsp3) is 0.571. The van der Waals surface area contributed by atoms with Crippen molar-refractivity contribution in [2.24, 2.45) is 5.92 Å². The van der Waals surface area contributed by atoms with E-state index in [-0.39, 0.29) is 11.8 Å². The van der Waals surface area contributed by atoms with Crippen molar-refractivity contribution in [2.45, 2.75) is 38.8 Å². The van der Waals surface area contributed by atoms with Gasteiger partial charge in [0.25, 0.3) is 5.91 Å². The SMILES string of the molecule is COC(=O)C(NC(=O)c1cc(N)cn1C1CC1)C(C)C. The molecule has 0 spiro atoms. The Morgan fingerprint density at radius 1 is 1.45 bits per heavy atom. The minimum atomic E-state index is -0.656. The number of hydrogen-bond donors (Lipinski definition) is 2. The van der Waals surface area contributed by atoms with Crippen LogP contribution in [0.25, 0.3) is 0 Å². The highest BCUT2D eigenvalue weighted by Gasteiger charge is 2.30. The van der Waals surface area contributed by atoms with Crippen LogP contribution in [0.15, 0.2) is 12.3 Å². The molecule has 2 rings (SSSR count). The number of nitrogens with zero attached hydrogens (tertiary/aromatic N) is 1. The van der Waals surface area contributed by atoms with Gasteiger partial charge >= 0.3 is 5.97 Å². The smallest absolute Gasteiger partial charge is 0.328 e. The summed E-state index contributed by atoms with van der Waals surface area (Å²) in [6, 6.07) is 1.34. The van der Waals surface area contributed by atoms with Gasteiger partial charge in [-0.15, -0.1) is 0 Å². The van der Waals surface area contributed by atoms with Crippen LogP contribution < -0.4 is 11.1 Å². The van der Waals surface area contributed by atoms with Crippen molar-refractivity contribution in [2.75, 3.05) is 12.8 Å². The first-order valence-corrected chi connectivity index (χ1v) is 6.80. The standard InChI is InChI=1S/C14H21N3O3/c1-8(2)12(14(19)20-3)16-13(18)11-6-9(15)7-17(11)10-4-5-10/h6-8,10,12H,4-5,15H2,1-3H3,(H,16,18). The van der Waals surface area contributed by atoms with E-state index in [0.29, 0.717) is 17.4 Å². The maximum Gasteiger partial charge on any atom is 0.328 e. The molecule has 1 aromatic heterocycles. The van der Waals surface area contributed by atoms with Crippen molar-refractivity contribution in [3.8, 4) is 0 Å². The number of carbonyl (C=O) groups excluding carboxylic acids is 2. The number of carbonyl (C=O) groups is 2. The summed E-state index contributed by atoms with van der Waals surface area (Å²) in [5.41, 5.74) is 6.82. The molecule has 0 bridgehead atoms. The second kappa shape index (κ2) is 5.56. The molecule has 0 saturated heterocycles. The van der Waals surface area contributed by atoms with E-state index in [1.165, 1.54) is 7.11 Å². The van der Waals surface area contributed by atoms with Crippen molar-refractivity contribution in [3.05, 3.63) is 18.0 Å². The number of amides is 1. The van der Waals surface area contributed by atoms with Crippen molar-refractivity contribution in [1.82, 2.24) is 9.88 Å². The number of ether oxygens (including phenoxy) is 1. The molecule has 6 nitrogen and oxygen atoms in total. The molecule has 1 heterocycles. The van der Waals surface area contributed by atoms with E-state index in [1.807, 2.05) is 18.4 Å². The van der Waals surface area contributed by atoms with Gasteiger partial charge in [0.1, 0.15) is 11.7 Å². The third kappa shape index (κ3) is 2.95. The molecule has 6 heteroatoms. The van der Waals surface area contributed by atoms with Crippen molar-refractivity contribution in [3.63, 3.8) is 0 Å². The van der Waals surface area contributed by atoms with Gasteiger partial charge in [0, 0.05) is 12.2 Å². The second-order valence-electron chi connectivity index (χ2n) is 5.52. The highest BCUT2D eigenvalue weighted by Crippen LogP contribution is 2.37. The Kier molecular flexibility index (Phi) is 4.01. The molecule has 1 aliphatic carbocycles.